The van der Waals surface area contributed by atoms with E-state index in [1.807, 2.05) is 0 Å². The molecule has 25 heavy (non-hydrogen) atoms. The number of ether oxygens (including phenoxy) is 2. The molecule has 0 radical (unpaired) electrons. The fourth-order valence-corrected chi connectivity index (χ4v) is 4.03. The molecule has 0 aliphatic carbocycles. The molecular formula is C14H16N2O8S. The van der Waals surface area contributed by atoms with Crippen molar-refractivity contribution in [2.24, 2.45) is 0 Å². The Labute approximate surface area is 143 Å². The van der Waals surface area contributed by atoms with Crippen LogP contribution in [-0.4, -0.2) is 56.5 Å². The lowest BCUT2D eigenvalue weighted by molar-refractivity contribution is -0.385. The molecule has 11 heteroatoms. The van der Waals surface area contributed by atoms with Crippen molar-refractivity contribution in [1.29, 1.82) is 0 Å². The molecule has 1 aliphatic rings. The summed E-state index contributed by atoms with van der Waals surface area (Å²) in [4.78, 5) is 33.8. The Morgan fingerprint density at radius 3 is 2.68 bits per heavy atom. The van der Waals surface area contributed by atoms with Gasteiger partial charge in [-0.1, -0.05) is 0 Å². The molecule has 1 fully saturated rings. The van der Waals surface area contributed by atoms with Gasteiger partial charge in [0.1, 0.15) is 0 Å². The van der Waals surface area contributed by atoms with Crippen LogP contribution in [-0.2, 0) is 19.4 Å². The number of sulfone groups is 1. The van der Waals surface area contributed by atoms with Gasteiger partial charge >= 0.3 is 11.7 Å². The maximum absolute atomic E-state index is 11.9. The van der Waals surface area contributed by atoms with E-state index >= 15 is 0 Å². The smallest absolute Gasteiger partial charge is 0.338 e. The van der Waals surface area contributed by atoms with Crippen molar-refractivity contribution in [3.05, 3.63) is 33.9 Å². The maximum atomic E-state index is 11.9. The van der Waals surface area contributed by atoms with Gasteiger partial charge < -0.3 is 14.8 Å². The van der Waals surface area contributed by atoms with Crippen LogP contribution in [0.1, 0.15) is 16.8 Å². The van der Waals surface area contributed by atoms with Crippen LogP contribution in [0.2, 0.25) is 0 Å². The van der Waals surface area contributed by atoms with E-state index in [0.29, 0.717) is 6.42 Å². The largest absolute Gasteiger partial charge is 0.490 e. The number of nitro groups is 1. The number of nitro benzene ring substituents is 1. The third-order valence-electron chi connectivity index (χ3n) is 3.54. The fourth-order valence-electron chi connectivity index (χ4n) is 2.35. The van der Waals surface area contributed by atoms with Crippen molar-refractivity contribution in [1.82, 2.24) is 5.32 Å². The highest BCUT2D eigenvalue weighted by molar-refractivity contribution is 7.91. The molecule has 2 rings (SSSR count). The van der Waals surface area contributed by atoms with E-state index in [9.17, 15) is 28.1 Å². The number of carbonyl (C=O) groups excluding carboxylic acids is 2. The van der Waals surface area contributed by atoms with E-state index in [1.54, 1.807) is 0 Å². The van der Waals surface area contributed by atoms with Gasteiger partial charge in [-0.3, -0.25) is 14.9 Å². The van der Waals surface area contributed by atoms with Crippen molar-refractivity contribution in [3.8, 4) is 5.75 Å². The normalized spacial score (nSPS) is 18.4. The van der Waals surface area contributed by atoms with Gasteiger partial charge in [-0.05, 0) is 18.6 Å². The summed E-state index contributed by atoms with van der Waals surface area (Å²) in [5, 5.41) is 13.4. The van der Waals surface area contributed by atoms with E-state index < -0.39 is 45.0 Å². The lowest BCUT2D eigenvalue weighted by Gasteiger charge is -2.11. The molecule has 0 saturated carbocycles. The van der Waals surface area contributed by atoms with Gasteiger partial charge in [-0.25, -0.2) is 13.2 Å². The molecule has 1 aromatic carbocycles. The fraction of sp³-hybridized carbons (Fsp3) is 0.429. The molecular weight excluding hydrogens is 356 g/mol. The molecule has 1 heterocycles. The second-order valence-electron chi connectivity index (χ2n) is 5.39. The van der Waals surface area contributed by atoms with E-state index in [0.717, 1.165) is 6.07 Å². The van der Waals surface area contributed by atoms with Crippen LogP contribution >= 0.6 is 0 Å². The van der Waals surface area contributed by atoms with Gasteiger partial charge in [-0.2, -0.15) is 0 Å². The Balaban J connectivity index is 1.93. The average molecular weight is 372 g/mol. The van der Waals surface area contributed by atoms with Gasteiger partial charge in [0.05, 0.1) is 29.1 Å². The minimum atomic E-state index is -3.13. The van der Waals surface area contributed by atoms with Gasteiger partial charge in [0.2, 0.25) is 0 Å². The van der Waals surface area contributed by atoms with Crippen molar-refractivity contribution < 1.29 is 32.4 Å². The zero-order valence-electron chi connectivity index (χ0n) is 13.3. The van der Waals surface area contributed by atoms with E-state index in [1.165, 1.54) is 19.2 Å². The molecule has 1 N–H and O–H groups in total. The molecule has 0 aromatic heterocycles. The molecule has 10 nitrogen and oxygen atoms in total. The highest BCUT2D eigenvalue weighted by Crippen LogP contribution is 2.27. The third-order valence-corrected chi connectivity index (χ3v) is 5.31. The van der Waals surface area contributed by atoms with Crippen molar-refractivity contribution >= 4 is 27.4 Å². The minimum absolute atomic E-state index is 0.00719. The van der Waals surface area contributed by atoms with Crippen LogP contribution in [0, 0.1) is 10.1 Å². The van der Waals surface area contributed by atoms with Crippen LogP contribution in [0.15, 0.2) is 18.2 Å². The summed E-state index contributed by atoms with van der Waals surface area (Å²) >= 11 is 0. The molecule has 1 aliphatic heterocycles. The van der Waals surface area contributed by atoms with Gasteiger partial charge in [0.25, 0.3) is 5.91 Å². The van der Waals surface area contributed by atoms with Crippen LogP contribution in [0.4, 0.5) is 5.69 Å². The van der Waals surface area contributed by atoms with Crippen LogP contribution in [0.3, 0.4) is 0 Å². The number of benzene rings is 1. The summed E-state index contributed by atoms with van der Waals surface area (Å²) in [6, 6.07) is 3.01. The number of methoxy groups -OCH3 is 1. The highest BCUT2D eigenvalue weighted by atomic mass is 32.2. The van der Waals surface area contributed by atoms with E-state index in [4.69, 9.17) is 9.47 Å². The van der Waals surface area contributed by atoms with Crippen molar-refractivity contribution in [2.45, 2.75) is 12.5 Å². The number of esters is 1. The van der Waals surface area contributed by atoms with Crippen LogP contribution in [0.25, 0.3) is 0 Å². The zero-order valence-corrected chi connectivity index (χ0v) is 14.1. The second-order valence-corrected chi connectivity index (χ2v) is 7.62. The number of hydrogen-bond donors (Lipinski definition) is 1. The van der Waals surface area contributed by atoms with Gasteiger partial charge in [0.15, 0.2) is 22.2 Å². The first-order valence-corrected chi connectivity index (χ1v) is 9.03. The quantitative estimate of drug-likeness (QED) is 0.420. The first-order chi connectivity index (χ1) is 11.7. The standard InChI is InChI=1S/C14H16N2O8S/c1-23-12-3-2-9(6-11(12)16(19)20)14(18)24-7-13(17)15-10-4-5-25(21,22)8-10/h2-3,6,10H,4-5,7-8H2,1H3,(H,15,17). The van der Waals surface area contributed by atoms with Gasteiger partial charge in [-0.15, -0.1) is 0 Å². The third kappa shape index (κ3) is 4.89. The minimum Gasteiger partial charge on any atom is -0.490 e. The Morgan fingerprint density at radius 1 is 1.40 bits per heavy atom. The molecule has 1 amide bonds. The molecule has 136 valence electrons. The predicted octanol–water partition coefficient (Wildman–Crippen LogP) is 0.0635. The van der Waals surface area contributed by atoms with Crippen molar-refractivity contribution in [3.63, 3.8) is 0 Å². The summed E-state index contributed by atoms with van der Waals surface area (Å²) in [6.07, 6.45) is 0.312. The molecule has 1 atom stereocenters. The molecule has 1 unspecified atom stereocenters. The second kappa shape index (κ2) is 7.47. The summed E-state index contributed by atoms with van der Waals surface area (Å²) in [6.45, 7) is -0.616. The lowest BCUT2D eigenvalue weighted by Crippen LogP contribution is -2.38. The van der Waals surface area contributed by atoms with Gasteiger partial charge in [0, 0.05) is 12.1 Å². The lowest BCUT2D eigenvalue weighted by atomic mass is 10.2. The molecule has 0 spiro atoms. The first kappa shape index (κ1) is 18.6. The van der Waals surface area contributed by atoms with Crippen LogP contribution in [0.5, 0.6) is 5.75 Å². The summed E-state index contributed by atoms with van der Waals surface area (Å²) in [5.74, 6) is -1.70. The monoisotopic (exact) mass is 372 g/mol. The number of hydrogen-bond acceptors (Lipinski definition) is 8. The maximum Gasteiger partial charge on any atom is 0.338 e. The number of nitrogens with one attached hydrogen (secondary N) is 1. The Kier molecular flexibility index (Phi) is 5.57. The summed E-state index contributed by atoms with van der Waals surface area (Å²) in [5.41, 5.74) is -0.513. The number of rotatable bonds is 6. The summed E-state index contributed by atoms with van der Waals surface area (Å²) in [7, 11) is -1.88. The highest BCUT2D eigenvalue weighted by Gasteiger charge is 2.29. The van der Waals surface area contributed by atoms with E-state index in [-0.39, 0.29) is 22.8 Å². The zero-order chi connectivity index (χ0) is 18.6. The predicted molar refractivity (Wildman–Crippen MR) is 85.1 cm³/mol. The number of amides is 1. The first-order valence-electron chi connectivity index (χ1n) is 7.21. The number of nitrogens with zero attached hydrogens (tertiary/aromatic N) is 1. The number of carbonyl (C=O) groups is 2. The Morgan fingerprint density at radius 2 is 2.12 bits per heavy atom. The van der Waals surface area contributed by atoms with E-state index in [2.05, 4.69) is 5.32 Å². The van der Waals surface area contributed by atoms with Crippen molar-refractivity contribution in [2.75, 3.05) is 25.2 Å². The molecule has 1 saturated heterocycles. The Bertz CT molecular complexity index is 805. The topological polar surface area (TPSA) is 142 Å². The Hall–Kier alpha value is -2.69. The summed E-state index contributed by atoms with van der Waals surface area (Å²) < 4.78 is 32.2. The average Bonchev–Trinajstić information content (AvgIpc) is 2.90. The molecule has 1 aromatic rings. The molecule has 0 bridgehead atoms. The van der Waals surface area contributed by atoms with Crippen LogP contribution < -0.4 is 10.1 Å². The SMILES string of the molecule is COc1ccc(C(=O)OCC(=O)NC2CCS(=O)(=O)C2)cc1[N+](=O)[O-].